The molecule has 3 nitrogen and oxygen atoms in total. The molecule has 0 fully saturated rings. The van der Waals surface area contributed by atoms with Gasteiger partial charge < -0.3 is 5.11 Å². The molecule has 0 saturated heterocycles. The highest BCUT2D eigenvalue weighted by Gasteiger charge is 2.21. The Morgan fingerprint density at radius 2 is 2.06 bits per heavy atom. The van der Waals surface area contributed by atoms with Crippen LogP contribution in [0.3, 0.4) is 0 Å². The van der Waals surface area contributed by atoms with E-state index in [9.17, 15) is 5.11 Å². The maximum absolute atomic E-state index is 10.5. The zero-order chi connectivity index (χ0) is 12.4. The molecular formula is C14H22N2O. The van der Waals surface area contributed by atoms with Crippen molar-refractivity contribution < 1.29 is 5.11 Å². The van der Waals surface area contributed by atoms with Gasteiger partial charge in [-0.25, -0.2) is 0 Å². The normalized spacial score (nSPS) is 18.7. The molecule has 1 atom stereocenters. The van der Waals surface area contributed by atoms with Gasteiger partial charge in [-0.1, -0.05) is 12.5 Å². The van der Waals surface area contributed by atoms with Gasteiger partial charge in [0.25, 0.3) is 0 Å². The smallest absolute Gasteiger partial charge is 0.104 e. The maximum Gasteiger partial charge on any atom is 0.104 e. The van der Waals surface area contributed by atoms with Crippen LogP contribution in [0, 0.1) is 13.8 Å². The lowest BCUT2D eigenvalue weighted by atomic mass is 9.96. The number of rotatable bonds is 2. The van der Waals surface area contributed by atoms with E-state index < -0.39 is 6.10 Å². The molecule has 0 aliphatic heterocycles. The first-order chi connectivity index (χ1) is 8.11. The summed E-state index contributed by atoms with van der Waals surface area (Å²) in [5.74, 6) is 0. The molecule has 17 heavy (non-hydrogen) atoms. The summed E-state index contributed by atoms with van der Waals surface area (Å²) in [4.78, 5) is 0. The molecule has 1 unspecified atom stereocenters. The highest BCUT2D eigenvalue weighted by molar-refractivity contribution is 5.33. The van der Waals surface area contributed by atoms with Crippen molar-refractivity contribution in [1.29, 1.82) is 0 Å². The Bertz CT molecular complexity index is 432. The van der Waals surface area contributed by atoms with Crippen LogP contribution in [-0.4, -0.2) is 14.9 Å². The van der Waals surface area contributed by atoms with Gasteiger partial charge in [-0.15, -0.1) is 0 Å². The van der Waals surface area contributed by atoms with Gasteiger partial charge in [0.2, 0.25) is 0 Å². The van der Waals surface area contributed by atoms with E-state index in [-0.39, 0.29) is 0 Å². The van der Waals surface area contributed by atoms with Gasteiger partial charge in [-0.05, 0) is 45.1 Å². The Balaban J connectivity index is 2.29. The molecular weight excluding hydrogens is 212 g/mol. The molecule has 1 aromatic rings. The molecule has 1 heterocycles. The van der Waals surface area contributed by atoms with Crippen molar-refractivity contribution >= 4 is 0 Å². The molecule has 3 heteroatoms. The lowest BCUT2D eigenvalue weighted by molar-refractivity contribution is 0.209. The van der Waals surface area contributed by atoms with Crippen molar-refractivity contribution in [2.75, 3.05) is 0 Å². The number of allylic oxidation sites excluding steroid dienone is 1. The van der Waals surface area contributed by atoms with E-state index >= 15 is 0 Å². The second kappa shape index (κ2) is 5.05. The molecule has 0 amide bonds. The van der Waals surface area contributed by atoms with Crippen LogP contribution >= 0.6 is 0 Å². The zero-order valence-corrected chi connectivity index (χ0v) is 11.0. The SMILES string of the molecule is Cc1nn(C)c(C)c1C(O)C1=CCCCCC1. The molecule has 0 saturated carbocycles. The van der Waals surface area contributed by atoms with Crippen molar-refractivity contribution in [1.82, 2.24) is 9.78 Å². The Morgan fingerprint density at radius 3 is 2.71 bits per heavy atom. The maximum atomic E-state index is 10.5. The average molecular weight is 234 g/mol. The molecule has 1 N–H and O–H groups in total. The summed E-state index contributed by atoms with van der Waals surface area (Å²) in [6, 6.07) is 0. The van der Waals surface area contributed by atoms with E-state index in [0.29, 0.717) is 0 Å². The van der Waals surface area contributed by atoms with E-state index in [0.717, 1.165) is 29.8 Å². The van der Waals surface area contributed by atoms with Gasteiger partial charge in [0.1, 0.15) is 6.10 Å². The number of aromatic nitrogens is 2. The Morgan fingerprint density at radius 1 is 1.29 bits per heavy atom. The van der Waals surface area contributed by atoms with Crippen LogP contribution in [0.2, 0.25) is 0 Å². The summed E-state index contributed by atoms with van der Waals surface area (Å²) in [6.07, 6.45) is 7.62. The third kappa shape index (κ3) is 2.44. The largest absolute Gasteiger partial charge is 0.384 e. The standard InChI is InChI=1S/C14H22N2O/c1-10-13(11(2)16(3)15-10)14(17)12-8-6-4-5-7-9-12/h8,14,17H,4-7,9H2,1-3H3. The zero-order valence-electron chi connectivity index (χ0n) is 11.0. The topological polar surface area (TPSA) is 38.0 Å². The number of aliphatic hydroxyl groups is 1. The van der Waals surface area contributed by atoms with E-state index in [4.69, 9.17) is 0 Å². The first-order valence-electron chi connectivity index (χ1n) is 6.48. The predicted molar refractivity (Wildman–Crippen MR) is 68.8 cm³/mol. The van der Waals surface area contributed by atoms with Gasteiger partial charge in [0.05, 0.1) is 5.69 Å². The van der Waals surface area contributed by atoms with Gasteiger partial charge in [0.15, 0.2) is 0 Å². The van der Waals surface area contributed by atoms with E-state index in [1.165, 1.54) is 24.8 Å². The molecule has 0 aromatic carbocycles. The highest BCUT2D eigenvalue weighted by atomic mass is 16.3. The molecule has 1 aliphatic carbocycles. The van der Waals surface area contributed by atoms with Crippen LogP contribution in [-0.2, 0) is 7.05 Å². The lowest BCUT2D eigenvalue weighted by Gasteiger charge is -2.15. The van der Waals surface area contributed by atoms with Crippen LogP contribution in [0.25, 0.3) is 0 Å². The summed E-state index contributed by atoms with van der Waals surface area (Å²) < 4.78 is 1.85. The van der Waals surface area contributed by atoms with Crippen LogP contribution < -0.4 is 0 Å². The molecule has 0 radical (unpaired) electrons. The monoisotopic (exact) mass is 234 g/mol. The summed E-state index contributed by atoms with van der Waals surface area (Å²) in [6.45, 7) is 4.00. The van der Waals surface area contributed by atoms with E-state index in [1.54, 1.807) is 0 Å². The minimum Gasteiger partial charge on any atom is -0.384 e. The molecule has 1 aliphatic rings. The fraction of sp³-hybridized carbons (Fsp3) is 0.643. The van der Waals surface area contributed by atoms with Crippen LogP contribution in [0.5, 0.6) is 0 Å². The third-order valence-electron chi connectivity index (χ3n) is 3.77. The van der Waals surface area contributed by atoms with Crippen molar-refractivity contribution in [3.05, 3.63) is 28.6 Å². The first kappa shape index (κ1) is 12.4. The Kier molecular flexibility index (Phi) is 3.67. The quantitative estimate of drug-likeness (QED) is 0.799. The van der Waals surface area contributed by atoms with Crippen LogP contribution in [0.1, 0.15) is 55.2 Å². The molecule has 0 spiro atoms. The van der Waals surface area contributed by atoms with Crippen molar-refractivity contribution in [3.63, 3.8) is 0 Å². The van der Waals surface area contributed by atoms with Crippen LogP contribution in [0.4, 0.5) is 0 Å². The number of nitrogens with zero attached hydrogens (tertiary/aromatic N) is 2. The molecule has 94 valence electrons. The number of hydrogen-bond acceptors (Lipinski definition) is 2. The molecule has 0 bridgehead atoms. The van der Waals surface area contributed by atoms with Gasteiger partial charge in [-0.2, -0.15) is 5.10 Å². The second-order valence-corrected chi connectivity index (χ2v) is 4.99. The fourth-order valence-corrected chi connectivity index (χ4v) is 2.66. The minimum absolute atomic E-state index is 0.457. The second-order valence-electron chi connectivity index (χ2n) is 4.99. The number of hydrogen-bond donors (Lipinski definition) is 1. The summed E-state index contributed by atoms with van der Waals surface area (Å²) in [5.41, 5.74) is 4.20. The van der Waals surface area contributed by atoms with Gasteiger partial charge >= 0.3 is 0 Å². The van der Waals surface area contributed by atoms with E-state index in [2.05, 4.69) is 11.2 Å². The fourth-order valence-electron chi connectivity index (χ4n) is 2.66. The minimum atomic E-state index is -0.457. The van der Waals surface area contributed by atoms with Gasteiger partial charge in [-0.3, -0.25) is 4.68 Å². The first-order valence-corrected chi connectivity index (χ1v) is 6.48. The van der Waals surface area contributed by atoms with Gasteiger partial charge in [0, 0.05) is 18.3 Å². The number of aryl methyl sites for hydroxylation is 2. The predicted octanol–water partition coefficient (Wildman–Crippen LogP) is 2.96. The Hall–Kier alpha value is -1.09. The lowest BCUT2D eigenvalue weighted by Crippen LogP contribution is -2.04. The molecule has 2 rings (SSSR count). The Labute approximate surface area is 103 Å². The van der Waals surface area contributed by atoms with Crippen molar-refractivity contribution in [3.8, 4) is 0 Å². The van der Waals surface area contributed by atoms with Crippen molar-refractivity contribution in [2.24, 2.45) is 7.05 Å². The average Bonchev–Trinajstić information content (AvgIpc) is 2.52. The van der Waals surface area contributed by atoms with Crippen LogP contribution in [0.15, 0.2) is 11.6 Å². The number of aliphatic hydroxyl groups excluding tert-OH is 1. The molecule has 1 aromatic heterocycles. The summed E-state index contributed by atoms with van der Waals surface area (Å²) in [5, 5.41) is 14.9. The summed E-state index contributed by atoms with van der Waals surface area (Å²) in [7, 11) is 1.93. The third-order valence-corrected chi connectivity index (χ3v) is 3.77. The summed E-state index contributed by atoms with van der Waals surface area (Å²) >= 11 is 0. The van der Waals surface area contributed by atoms with E-state index in [1.807, 2.05) is 25.6 Å². The van der Waals surface area contributed by atoms with Crippen molar-refractivity contribution in [2.45, 2.75) is 52.1 Å². The highest BCUT2D eigenvalue weighted by Crippen LogP contribution is 2.32.